The summed E-state index contributed by atoms with van der Waals surface area (Å²) in [4.78, 5) is 27.5. The largest absolute Gasteiger partial charge is 0.468 e. The van der Waals surface area contributed by atoms with Gasteiger partial charge in [0.1, 0.15) is 11.6 Å². The van der Waals surface area contributed by atoms with Gasteiger partial charge in [0.15, 0.2) is 12.7 Å². The first-order valence-corrected chi connectivity index (χ1v) is 7.67. The molecule has 1 N–H and O–H groups in total. The molecular formula is C17H13F5N2O4. The maximum atomic E-state index is 13.5. The van der Waals surface area contributed by atoms with Crippen LogP contribution in [-0.2, 0) is 9.53 Å². The van der Waals surface area contributed by atoms with E-state index in [4.69, 9.17) is 4.74 Å². The summed E-state index contributed by atoms with van der Waals surface area (Å²) in [5.41, 5.74) is -0.450. The van der Waals surface area contributed by atoms with Gasteiger partial charge in [-0.15, -0.1) is 0 Å². The Morgan fingerprint density at radius 3 is 2.46 bits per heavy atom. The number of aromatic nitrogens is 1. The number of ether oxygens (including phenoxy) is 2. The van der Waals surface area contributed by atoms with Crippen LogP contribution in [0.4, 0.5) is 27.6 Å². The molecule has 1 unspecified atom stereocenters. The molecule has 0 saturated carbocycles. The van der Waals surface area contributed by atoms with Gasteiger partial charge in [0, 0.05) is 18.3 Å². The molecule has 1 aromatic carbocycles. The highest BCUT2D eigenvalue weighted by Crippen LogP contribution is 2.18. The quantitative estimate of drug-likeness (QED) is 0.589. The molecule has 0 fully saturated rings. The van der Waals surface area contributed by atoms with E-state index in [2.05, 4.69) is 15.0 Å². The molecule has 0 aliphatic carbocycles. The summed E-state index contributed by atoms with van der Waals surface area (Å²) in [6.45, 7) is -0.330. The monoisotopic (exact) mass is 404 g/mol. The predicted molar refractivity (Wildman–Crippen MR) is 85.7 cm³/mol. The molecule has 28 heavy (non-hydrogen) atoms. The van der Waals surface area contributed by atoms with E-state index in [1.165, 1.54) is 6.92 Å². The fraction of sp³-hybridized carbons (Fsp3) is 0.235. The second-order valence-electron chi connectivity index (χ2n) is 5.45. The van der Waals surface area contributed by atoms with Gasteiger partial charge in [-0.3, -0.25) is 4.79 Å². The van der Waals surface area contributed by atoms with E-state index in [1.807, 2.05) is 0 Å². The fourth-order valence-corrected chi connectivity index (χ4v) is 1.85. The second-order valence-corrected chi connectivity index (χ2v) is 5.45. The molecular weight excluding hydrogens is 391 g/mol. The molecule has 1 aromatic heterocycles. The van der Waals surface area contributed by atoms with Gasteiger partial charge in [0.2, 0.25) is 5.88 Å². The van der Waals surface area contributed by atoms with E-state index in [9.17, 15) is 31.5 Å². The Labute approximate surface area is 155 Å². The first kappa shape index (κ1) is 21.1. The number of hydrogen-bond acceptors (Lipinski definition) is 5. The maximum absolute atomic E-state index is 13.5. The maximum Gasteiger partial charge on any atom is 0.422 e. The first-order chi connectivity index (χ1) is 13.0. The number of anilines is 1. The zero-order chi connectivity index (χ0) is 20.9. The van der Waals surface area contributed by atoms with Gasteiger partial charge < -0.3 is 14.8 Å². The summed E-state index contributed by atoms with van der Waals surface area (Å²) in [7, 11) is 0. The van der Waals surface area contributed by atoms with Crippen molar-refractivity contribution in [2.75, 3.05) is 11.9 Å². The standard InChI is InChI=1S/C17H13F5N2O4/c1-9(15(25)24-13-4-3-11(18)6-12(13)19)28-16(26)10-2-5-14(23-7-10)27-8-17(20,21)22/h2-7,9H,8H2,1H3,(H,24,25). The number of esters is 1. The topological polar surface area (TPSA) is 77.5 Å². The lowest BCUT2D eigenvalue weighted by Gasteiger charge is -2.14. The van der Waals surface area contributed by atoms with Crippen molar-refractivity contribution in [2.45, 2.75) is 19.2 Å². The van der Waals surface area contributed by atoms with Crippen molar-refractivity contribution < 1.29 is 41.0 Å². The minimum Gasteiger partial charge on any atom is -0.468 e. The summed E-state index contributed by atoms with van der Waals surface area (Å²) < 4.78 is 71.8. The second kappa shape index (κ2) is 8.63. The van der Waals surface area contributed by atoms with Crippen LogP contribution in [-0.4, -0.2) is 35.7 Å². The summed E-state index contributed by atoms with van der Waals surface area (Å²) >= 11 is 0. The number of nitrogens with zero attached hydrogens (tertiary/aromatic N) is 1. The van der Waals surface area contributed by atoms with Crippen LogP contribution >= 0.6 is 0 Å². The van der Waals surface area contributed by atoms with Crippen LogP contribution in [0.15, 0.2) is 36.5 Å². The van der Waals surface area contributed by atoms with Crippen LogP contribution in [0.5, 0.6) is 5.88 Å². The number of benzene rings is 1. The number of pyridine rings is 1. The molecule has 0 aliphatic rings. The summed E-state index contributed by atoms with van der Waals surface area (Å²) in [6, 6.07) is 4.64. The lowest BCUT2D eigenvalue weighted by atomic mass is 10.2. The Hall–Kier alpha value is -3.24. The normalized spacial score (nSPS) is 12.2. The van der Waals surface area contributed by atoms with Crippen LogP contribution in [0.1, 0.15) is 17.3 Å². The molecule has 1 amide bonds. The van der Waals surface area contributed by atoms with Crippen molar-refractivity contribution in [1.82, 2.24) is 4.98 Å². The molecule has 1 heterocycles. The Morgan fingerprint density at radius 2 is 1.89 bits per heavy atom. The van der Waals surface area contributed by atoms with Crippen molar-refractivity contribution in [3.63, 3.8) is 0 Å². The molecule has 2 rings (SSSR count). The smallest absolute Gasteiger partial charge is 0.422 e. The molecule has 0 radical (unpaired) electrons. The Balaban J connectivity index is 1.93. The number of carbonyl (C=O) groups is 2. The highest BCUT2D eigenvalue weighted by atomic mass is 19.4. The van der Waals surface area contributed by atoms with Crippen LogP contribution in [0.3, 0.4) is 0 Å². The molecule has 0 saturated heterocycles. The molecule has 6 nitrogen and oxygen atoms in total. The van der Waals surface area contributed by atoms with Gasteiger partial charge in [-0.1, -0.05) is 0 Å². The average molecular weight is 404 g/mol. The molecule has 0 aliphatic heterocycles. The summed E-state index contributed by atoms with van der Waals surface area (Å²) in [6.07, 6.45) is -4.97. The van der Waals surface area contributed by atoms with Crippen LogP contribution in [0.2, 0.25) is 0 Å². The number of halogens is 5. The zero-order valence-corrected chi connectivity index (χ0v) is 14.2. The molecule has 11 heteroatoms. The SMILES string of the molecule is CC(OC(=O)c1ccc(OCC(F)(F)F)nc1)C(=O)Nc1ccc(F)cc1F. The highest BCUT2D eigenvalue weighted by molar-refractivity contribution is 5.97. The third-order valence-electron chi connectivity index (χ3n) is 3.20. The van der Waals surface area contributed by atoms with Crippen LogP contribution in [0, 0.1) is 11.6 Å². The van der Waals surface area contributed by atoms with Crippen molar-refractivity contribution in [1.29, 1.82) is 0 Å². The van der Waals surface area contributed by atoms with Crippen LogP contribution < -0.4 is 10.1 Å². The highest BCUT2D eigenvalue weighted by Gasteiger charge is 2.28. The minimum atomic E-state index is -4.54. The number of nitrogens with one attached hydrogen (secondary N) is 1. The fourth-order valence-electron chi connectivity index (χ4n) is 1.85. The molecule has 150 valence electrons. The van der Waals surface area contributed by atoms with Gasteiger partial charge >= 0.3 is 12.1 Å². The third kappa shape index (κ3) is 6.18. The van der Waals surface area contributed by atoms with Gasteiger partial charge in [-0.25, -0.2) is 18.6 Å². The lowest BCUT2D eigenvalue weighted by Crippen LogP contribution is -2.30. The number of carbonyl (C=O) groups excluding carboxylic acids is 2. The van der Waals surface area contributed by atoms with E-state index < -0.39 is 42.4 Å². The predicted octanol–water partition coefficient (Wildman–Crippen LogP) is 3.48. The lowest BCUT2D eigenvalue weighted by molar-refractivity contribution is -0.154. The van der Waals surface area contributed by atoms with E-state index in [0.717, 1.165) is 30.5 Å². The van der Waals surface area contributed by atoms with Crippen molar-refractivity contribution in [2.24, 2.45) is 0 Å². The zero-order valence-electron chi connectivity index (χ0n) is 14.2. The van der Waals surface area contributed by atoms with Crippen molar-refractivity contribution in [3.05, 3.63) is 53.7 Å². The number of rotatable bonds is 6. The number of hydrogen-bond donors (Lipinski definition) is 1. The molecule has 2 aromatic rings. The Morgan fingerprint density at radius 1 is 1.18 bits per heavy atom. The van der Waals surface area contributed by atoms with Gasteiger partial charge in [0.05, 0.1) is 11.3 Å². The molecule has 1 atom stereocenters. The van der Waals surface area contributed by atoms with E-state index >= 15 is 0 Å². The van der Waals surface area contributed by atoms with E-state index in [0.29, 0.717) is 6.07 Å². The van der Waals surface area contributed by atoms with Gasteiger partial charge in [0.25, 0.3) is 5.91 Å². The Bertz CT molecular complexity index is 856. The van der Waals surface area contributed by atoms with Crippen molar-refractivity contribution >= 4 is 17.6 Å². The minimum absolute atomic E-state index is 0.146. The third-order valence-corrected chi connectivity index (χ3v) is 3.20. The van der Waals surface area contributed by atoms with Gasteiger partial charge in [-0.05, 0) is 25.1 Å². The van der Waals surface area contributed by atoms with E-state index in [1.54, 1.807) is 0 Å². The first-order valence-electron chi connectivity index (χ1n) is 7.67. The van der Waals surface area contributed by atoms with Gasteiger partial charge in [-0.2, -0.15) is 13.2 Å². The average Bonchev–Trinajstić information content (AvgIpc) is 2.62. The van der Waals surface area contributed by atoms with Crippen LogP contribution in [0.25, 0.3) is 0 Å². The summed E-state index contributed by atoms with van der Waals surface area (Å²) in [5.74, 6) is -4.06. The number of alkyl halides is 3. The summed E-state index contributed by atoms with van der Waals surface area (Å²) in [5, 5.41) is 2.13. The van der Waals surface area contributed by atoms with Crippen molar-refractivity contribution in [3.8, 4) is 5.88 Å². The van der Waals surface area contributed by atoms with E-state index in [-0.39, 0.29) is 17.1 Å². The Kier molecular flexibility index (Phi) is 6.49. The molecule has 0 spiro atoms. The molecule has 0 bridgehead atoms. The number of amides is 1.